The van der Waals surface area contributed by atoms with Crippen LogP contribution in [0.25, 0.3) is 39.4 Å². The Kier molecular flexibility index (Phi) is 6.79. The molecule has 0 saturated heterocycles. The minimum absolute atomic E-state index is 0.156. The number of aromatic nitrogens is 5. The minimum atomic E-state index is -0.206. The van der Waals surface area contributed by atoms with Gasteiger partial charge in [0, 0.05) is 29.3 Å². The molecule has 8 nitrogen and oxygen atoms in total. The van der Waals surface area contributed by atoms with E-state index < -0.39 is 0 Å². The first kappa shape index (κ1) is 26.2. The van der Waals surface area contributed by atoms with Crippen molar-refractivity contribution in [3.05, 3.63) is 105 Å². The van der Waals surface area contributed by atoms with Crippen molar-refractivity contribution in [1.29, 1.82) is 0 Å². The molecule has 7 rings (SSSR count). The number of rotatable bonds is 8. The average molecular weight is 576 g/mol. The number of nitrogens with zero attached hydrogens (tertiary/aromatic N) is 5. The SMILES string of the molecule is CCCCOc1ccc(-c2nc3s/c(=C\c4cn(-c5ccccc5)nc4-c4ccc5c(c4)C[C@H](C)O5)c(=O)n3n2)cc1. The van der Waals surface area contributed by atoms with E-state index in [4.69, 9.17) is 14.6 Å². The molecule has 0 amide bonds. The van der Waals surface area contributed by atoms with Crippen molar-refractivity contribution in [3.63, 3.8) is 0 Å². The van der Waals surface area contributed by atoms with E-state index in [9.17, 15) is 4.79 Å². The molecule has 0 fully saturated rings. The molecule has 6 aromatic rings. The summed E-state index contributed by atoms with van der Waals surface area (Å²) >= 11 is 1.32. The van der Waals surface area contributed by atoms with Crippen molar-refractivity contribution in [2.45, 2.75) is 39.2 Å². The lowest BCUT2D eigenvalue weighted by Crippen LogP contribution is -2.23. The molecule has 4 heterocycles. The maximum absolute atomic E-state index is 13.5. The Morgan fingerprint density at radius 1 is 1.05 bits per heavy atom. The highest BCUT2D eigenvalue weighted by molar-refractivity contribution is 7.15. The summed E-state index contributed by atoms with van der Waals surface area (Å²) < 4.78 is 15.4. The molecule has 9 heteroatoms. The van der Waals surface area contributed by atoms with Crippen LogP contribution in [0.2, 0.25) is 0 Å². The number of hydrogen-bond acceptors (Lipinski definition) is 7. The zero-order chi connectivity index (χ0) is 28.6. The highest BCUT2D eigenvalue weighted by atomic mass is 32.1. The molecule has 3 aromatic heterocycles. The molecule has 0 bridgehead atoms. The fourth-order valence-electron chi connectivity index (χ4n) is 5.13. The third-order valence-corrected chi connectivity index (χ3v) is 8.24. The van der Waals surface area contributed by atoms with Gasteiger partial charge in [0.1, 0.15) is 23.3 Å². The van der Waals surface area contributed by atoms with Crippen molar-refractivity contribution in [1.82, 2.24) is 24.4 Å². The molecule has 1 aliphatic heterocycles. The van der Waals surface area contributed by atoms with Crippen LogP contribution in [0.3, 0.4) is 0 Å². The highest BCUT2D eigenvalue weighted by Crippen LogP contribution is 2.34. The fourth-order valence-corrected chi connectivity index (χ4v) is 6.03. The molecule has 0 unspecified atom stereocenters. The van der Waals surface area contributed by atoms with E-state index in [0.717, 1.165) is 64.4 Å². The highest BCUT2D eigenvalue weighted by Gasteiger charge is 2.21. The number of ether oxygens (including phenoxy) is 2. The van der Waals surface area contributed by atoms with Crippen LogP contribution in [0, 0.1) is 0 Å². The van der Waals surface area contributed by atoms with Crippen LogP contribution in [0.15, 0.2) is 83.8 Å². The van der Waals surface area contributed by atoms with Crippen LogP contribution >= 0.6 is 11.3 Å². The van der Waals surface area contributed by atoms with Crippen molar-refractivity contribution < 1.29 is 9.47 Å². The second-order valence-corrected chi connectivity index (χ2v) is 11.4. The Morgan fingerprint density at radius 2 is 1.86 bits per heavy atom. The van der Waals surface area contributed by atoms with E-state index in [1.54, 1.807) is 0 Å². The first-order valence-corrected chi connectivity index (χ1v) is 15.0. The van der Waals surface area contributed by atoms with E-state index in [-0.39, 0.29) is 11.7 Å². The van der Waals surface area contributed by atoms with Gasteiger partial charge in [-0.25, -0.2) is 4.68 Å². The van der Waals surface area contributed by atoms with Gasteiger partial charge in [0.2, 0.25) is 4.96 Å². The lowest BCUT2D eigenvalue weighted by Gasteiger charge is -2.05. The van der Waals surface area contributed by atoms with Gasteiger partial charge in [0.15, 0.2) is 5.82 Å². The van der Waals surface area contributed by atoms with Gasteiger partial charge in [-0.3, -0.25) is 4.79 Å². The molecule has 0 spiro atoms. The smallest absolute Gasteiger partial charge is 0.291 e. The Balaban J connectivity index is 1.26. The quantitative estimate of drug-likeness (QED) is 0.216. The normalized spacial score (nSPS) is 14.8. The van der Waals surface area contributed by atoms with Crippen LogP contribution in [-0.4, -0.2) is 37.1 Å². The van der Waals surface area contributed by atoms with E-state index in [0.29, 0.717) is 21.9 Å². The summed E-state index contributed by atoms with van der Waals surface area (Å²) in [5, 5.41) is 9.48. The zero-order valence-corrected chi connectivity index (χ0v) is 24.2. The van der Waals surface area contributed by atoms with Crippen molar-refractivity contribution >= 4 is 22.4 Å². The van der Waals surface area contributed by atoms with E-state index >= 15 is 0 Å². The Labute approximate surface area is 246 Å². The van der Waals surface area contributed by atoms with Crippen LogP contribution in [0.4, 0.5) is 0 Å². The molecular weight excluding hydrogens is 546 g/mol. The van der Waals surface area contributed by atoms with Gasteiger partial charge < -0.3 is 9.47 Å². The fraction of sp³-hybridized carbons (Fsp3) is 0.212. The largest absolute Gasteiger partial charge is 0.494 e. The van der Waals surface area contributed by atoms with Crippen LogP contribution in [-0.2, 0) is 6.42 Å². The third-order valence-electron chi connectivity index (χ3n) is 7.28. The summed E-state index contributed by atoms with van der Waals surface area (Å²) in [6.45, 7) is 4.90. The van der Waals surface area contributed by atoms with Gasteiger partial charge >= 0.3 is 0 Å². The Hall–Kier alpha value is -4.76. The number of hydrogen-bond donors (Lipinski definition) is 0. The maximum Gasteiger partial charge on any atom is 0.291 e. The van der Waals surface area contributed by atoms with Gasteiger partial charge in [0.05, 0.1) is 16.8 Å². The summed E-state index contributed by atoms with van der Waals surface area (Å²) in [5.41, 5.74) is 5.34. The first-order valence-electron chi connectivity index (χ1n) is 14.2. The third kappa shape index (κ3) is 4.96. The standard InChI is InChI=1S/C33H29N5O3S/c1-3-4-16-40-27-13-10-22(11-14-27)31-34-33-38(36-31)32(39)29(42-33)19-25-20-37(26-8-6-5-7-9-26)35-30(25)23-12-15-28-24(18-23)17-21(2)41-28/h5-15,18-21H,3-4,16-17H2,1-2H3/b29-19-/t21-/m0/s1. The predicted molar refractivity (Wildman–Crippen MR) is 165 cm³/mol. The summed E-state index contributed by atoms with van der Waals surface area (Å²) in [7, 11) is 0. The molecule has 0 saturated carbocycles. The number of unbranched alkanes of at least 4 members (excludes halogenated alkanes) is 1. The molecule has 3 aromatic carbocycles. The molecule has 42 heavy (non-hydrogen) atoms. The van der Waals surface area contributed by atoms with E-state index in [1.807, 2.05) is 83.7 Å². The number of fused-ring (bicyclic) bond motifs is 2. The van der Waals surface area contributed by atoms with Gasteiger partial charge in [-0.05, 0) is 79.6 Å². The molecular formula is C33H29N5O3S. The monoisotopic (exact) mass is 575 g/mol. The second-order valence-electron chi connectivity index (χ2n) is 10.4. The van der Waals surface area contributed by atoms with Crippen molar-refractivity contribution in [2.24, 2.45) is 0 Å². The van der Waals surface area contributed by atoms with Gasteiger partial charge in [-0.2, -0.15) is 14.6 Å². The van der Waals surface area contributed by atoms with Crippen LogP contribution < -0.4 is 19.6 Å². The van der Waals surface area contributed by atoms with E-state index in [1.165, 1.54) is 15.9 Å². The van der Waals surface area contributed by atoms with Crippen LogP contribution in [0.1, 0.15) is 37.8 Å². The topological polar surface area (TPSA) is 83.5 Å². The molecule has 1 aliphatic rings. The summed E-state index contributed by atoms with van der Waals surface area (Å²) in [6.07, 6.45) is 6.97. The molecule has 0 radical (unpaired) electrons. The summed E-state index contributed by atoms with van der Waals surface area (Å²) in [6, 6.07) is 23.8. The molecule has 0 N–H and O–H groups in total. The molecule has 0 aliphatic carbocycles. The lowest BCUT2D eigenvalue weighted by atomic mass is 10.0. The lowest BCUT2D eigenvalue weighted by molar-refractivity contribution is 0.254. The van der Waals surface area contributed by atoms with Gasteiger partial charge in [-0.1, -0.05) is 42.9 Å². The summed E-state index contributed by atoms with van der Waals surface area (Å²) in [4.78, 5) is 18.7. The minimum Gasteiger partial charge on any atom is -0.494 e. The Morgan fingerprint density at radius 3 is 2.64 bits per heavy atom. The predicted octanol–water partition coefficient (Wildman–Crippen LogP) is 5.72. The molecule has 210 valence electrons. The zero-order valence-electron chi connectivity index (χ0n) is 23.4. The second kappa shape index (κ2) is 10.9. The van der Waals surface area contributed by atoms with Crippen molar-refractivity contribution in [3.8, 4) is 39.8 Å². The van der Waals surface area contributed by atoms with Crippen LogP contribution in [0.5, 0.6) is 11.5 Å². The van der Waals surface area contributed by atoms with Gasteiger partial charge in [0.25, 0.3) is 5.56 Å². The average Bonchev–Trinajstić information content (AvgIpc) is 3.77. The number of para-hydroxylation sites is 1. The van der Waals surface area contributed by atoms with Gasteiger partial charge in [-0.15, -0.1) is 5.10 Å². The first-order chi connectivity index (χ1) is 20.6. The molecule has 1 atom stereocenters. The Bertz CT molecular complexity index is 1990. The van der Waals surface area contributed by atoms with Crippen molar-refractivity contribution in [2.75, 3.05) is 6.61 Å². The number of benzene rings is 3. The number of thiazole rings is 1. The van der Waals surface area contributed by atoms with E-state index in [2.05, 4.69) is 30.0 Å². The summed E-state index contributed by atoms with van der Waals surface area (Å²) in [5.74, 6) is 2.24. The maximum atomic E-state index is 13.5.